The summed E-state index contributed by atoms with van der Waals surface area (Å²) in [6.07, 6.45) is 2.29. The van der Waals surface area contributed by atoms with E-state index in [1.165, 1.54) is 11.3 Å². The Labute approximate surface area is 181 Å². The van der Waals surface area contributed by atoms with Gasteiger partial charge in [0, 0.05) is 23.5 Å². The van der Waals surface area contributed by atoms with Gasteiger partial charge in [-0.15, -0.1) is 16.4 Å². The molecular weight excluding hydrogens is 422 g/mol. The highest BCUT2D eigenvalue weighted by Gasteiger charge is 2.20. The van der Waals surface area contributed by atoms with E-state index in [1.54, 1.807) is 0 Å². The third-order valence-electron chi connectivity index (χ3n) is 5.17. The zero-order chi connectivity index (χ0) is 20.7. The van der Waals surface area contributed by atoms with Crippen LogP contribution in [0.15, 0.2) is 30.3 Å². The summed E-state index contributed by atoms with van der Waals surface area (Å²) >= 11 is 7.39. The summed E-state index contributed by atoms with van der Waals surface area (Å²) in [7, 11) is 0. The third kappa shape index (κ3) is 3.66. The number of aromatic amines is 1. The van der Waals surface area contributed by atoms with Gasteiger partial charge in [0.05, 0.1) is 17.1 Å². The van der Waals surface area contributed by atoms with Crippen LogP contribution in [0.5, 0.6) is 0 Å². The molecule has 0 atom stereocenters. The first-order chi connectivity index (χ1) is 14.6. The number of anilines is 2. The van der Waals surface area contributed by atoms with Crippen molar-refractivity contribution in [3.8, 4) is 0 Å². The van der Waals surface area contributed by atoms with E-state index in [0.29, 0.717) is 28.3 Å². The van der Waals surface area contributed by atoms with Crippen molar-refractivity contribution in [2.75, 3.05) is 23.3 Å². The van der Waals surface area contributed by atoms with E-state index in [4.69, 9.17) is 11.6 Å². The van der Waals surface area contributed by atoms with Gasteiger partial charge in [-0.3, -0.25) is 14.8 Å². The zero-order valence-corrected chi connectivity index (χ0v) is 17.9. The van der Waals surface area contributed by atoms with Crippen LogP contribution in [-0.2, 0) is 6.54 Å². The molecule has 4 heterocycles. The average molecular weight is 442 g/mol. The summed E-state index contributed by atoms with van der Waals surface area (Å²) in [6, 6.07) is 9.58. The summed E-state index contributed by atoms with van der Waals surface area (Å²) in [5.74, 6) is 0.783. The van der Waals surface area contributed by atoms with E-state index in [0.717, 1.165) is 47.4 Å². The first-order valence-electron chi connectivity index (χ1n) is 9.77. The minimum atomic E-state index is -0.210. The Morgan fingerprint density at radius 3 is 2.80 bits per heavy atom. The number of aryl methyl sites for hydroxylation is 1. The summed E-state index contributed by atoms with van der Waals surface area (Å²) < 4.78 is 1.93. The van der Waals surface area contributed by atoms with Gasteiger partial charge in [-0.05, 0) is 43.5 Å². The van der Waals surface area contributed by atoms with Crippen LogP contribution in [0.25, 0.3) is 10.2 Å². The van der Waals surface area contributed by atoms with Crippen molar-refractivity contribution in [3.63, 3.8) is 0 Å². The van der Waals surface area contributed by atoms with Crippen molar-refractivity contribution in [1.29, 1.82) is 0 Å². The number of nitrogens with zero attached hydrogens (tertiary/aromatic N) is 5. The van der Waals surface area contributed by atoms with Gasteiger partial charge in [0.15, 0.2) is 0 Å². The maximum absolute atomic E-state index is 12.8. The molecule has 0 spiro atoms. The maximum Gasteiger partial charge on any atom is 0.268 e. The number of carbonyl (C=O) groups excluding carboxylic acids is 1. The van der Waals surface area contributed by atoms with E-state index in [9.17, 15) is 4.79 Å². The van der Waals surface area contributed by atoms with Crippen LogP contribution in [0.3, 0.4) is 0 Å². The SMILES string of the molecule is Cc1nn(Cc2ccc(Cl)cc2)c2sc(C(=O)Nc3nc(N4CCCC4)n[nH]3)cc12. The predicted octanol–water partition coefficient (Wildman–Crippen LogP) is 4.08. The summed E-state index contributed by atoms with van der Waals surface area (Å²) in [5.41, 5.74) is 1.99. The topological polar surface area (TPSA) is 91.7 Å². The van der Waals surface area contributed by atoms with Crippen molar-refractivity contribution >= 4 is 51.0 Å². The van der Waals surface area contributed by atoms with Crippen molar-refractivity contribution < 1.29 is 4.79 Å². The number of carbonyl (C=O) groups is 1. The lowest BCUT2D eigenvalue weighted by molar-refractivity contribution is 0.103. The molecule has 30 heavy (non-hydrogen) atoms. The molecule has 2 N–H and O–H groups in total. The minimum absolute atomic E-state index is 0.210. The molecule has 0 aliphatic carbocycles. The first kappa shape index (κ1) is 19.1. The molecule has 1 amide bonds. The highest BCUT2D eigenvalue weighted by atomic mass is 35.5. The molecular formula is C20H20ClN7OS. The Kier molecular flexibility index (Phi) is 4.92. The van der Waals surface area contributed by atoms with Crippen LogP contribution in [0.2, 0.25) is 5.02 Å². The second kappa shape index (κ2) is 7.73. The lowest BCUT2D eigenvalue weighted by Crippen LogP contribution is -2.19. The van der Waals surface area contributed by atoms with E-state index in [1.807, 2.05) is 41.9 Å². The quantitative estimate of drug-likeness (QED) is 0.487. The lowest BCUT2D eigenvalue weighted by Gasteiger charge is -2.10. The number of amides is 1. The molecule has 1 aromatic carbocycles. The normalized spacial score (nSPS) is 14.0. The molecule has 0 bridgehead atoms. The van der Waals surface area contributed by atoms with Crippen molar-refractivity contribution in [2.24, 2.45) is 0 Å². The molecule has 1 aliphatic rings. The Balaban J connectivity index is 1.35. The van der Waals surface area contributed by atoms with Gasteiger partial charge in [-0.2, -0.15) is 10.1 Å². The number of thiophene rings is 1. The fourth-order valence-electron chi connectivity index (χ4n) is 3.63. The summed E-state index contributed by atoms with van der Waals surface area (Å²) in [4.78, 5) is 20.9. The molecule has 5 rings (SSSR count). The van der Waals surface area contributed by atoms with E-state index in [-0.39, 0.29) is 5.91 Å². The smallest absolute Gasteiger partial charge is 0.268 e. The number of hydrogen-bond acceptors (Lipinski definition) is 6. The standard InChI is InChI=1S/C20H20ClN7OS/c1-12-15-10-16(17(29)22-19-23-20(25-24-19)27-8-2-3-9-27)30-18(15)28(26-12)11-13-4-6-14(21)7-5-13/h4-7,10H,2-3,8-9,11H2,1H3,(H2,22,23,24,25,29). The predicted molar refractivity (Wildman–Crippen MR) is 119 cm³/mol. The van der Waals surface area contributed by atoms with E-state index >= 15 is 0 Å². The number of halogens is 1. The van der Waals surface area contributed by atoms with Crippen molar-refractivity contribution in [2.45, 2.75) is 26.3 Å². The van der Waals surface area contributed by atoms with Gasteiger partial charge in [0.2, 0.25) is 11.9 Å². The second-order valence-electron chi connectivity index (χ2n) is 7.33. The number of benzene rings is 1. The van der Waals surface area contributed by atoms with Crippen LogP contribution in [0.1, 0.15) is 33.8 Å². The Hall–Kier alpha value is -2.91. The van der Waals surface area contributed by atoms with Gasteiger partial charge in [-0.25, -0.2) is 5.10 Å². The number of H-pyrrole nitrogens is 1. The molecule has 0 saturated carbocycles. The third-order valence-corrected chi connectivity index (χ3v) is 6.57. The average Bonchev–Trinajstić information content (AvgIpc) is 3.50. The molecule has 10 heteroatoms. The van der Waals surface area contributed by atoms with Gasteiger partial charge in [0.1, 0.15) is 4.83 Å². The molecule has 0 radical (unpaired) electrons. The number of nitrogens with one attached hydrogen (secondary N) is 2. The van der Waals surface area contributed by atoms with Crippen molar-refractivity contribution in [3.05, 3.63) is 51.5 Å². The molecule has 1 aliphatic heterocycles. The fourth-order valence-corrected chi connectivity index (χ4v) is 4.81. The number of aromatic nitrogens is 5. The number of hydrogen-bond donors (Lipinski definition) is 2. The first-order valence-corrected chi connectivity index (χ1v) is 11.0. The molecule has 0 unspecified atom stereocenters. The Morgan fingerprint density at radius 2 is 2.03 bits per heavy atom. The van der Waals surface area contributed by atoms with Gasteiger partial charge < -0.3 is 4.90 Å². The van der Waals surface area contributed by atoms with Gasteiger partial charge in [-0.1, -0.05) is 23.7 Å². The van der Waals surface area contributed by atoms with Crippen LogP contribution >= 0.6 is 22.9 Å². The summed E-state index contributed by atoms with van der Waals surface area (Å²) in [6.45, 7) is 4.47. The highest BCUT2D eigenvalue weighted by molar-refractivity contribution is 7.20. The monoisotopic (exact) mass is 441 g/mol. The fraction of sp³-hybridized carbons (Fsp3) is 0.300. The molecule has 4 aromatic rings. The van der Waals surface area contributed by atoms with Crippen LogP contribution < -0.4 is 10.2 Å². The number of rotatable bonds is 5. The van der Waals surface area contributed by atoms with Gasteiger partial charge >= 0.3 is 0 Å². The molecule has 1 saturated heterocycles. The van der Waals surface area contributed by atoms with Crippen LogP contribution in [0.4, 0.5) is 11.9 Å². The second-order valence-corrected chi connectivity index (χ2v) is 8.80. The van der Waals surface area contributed by atoms with Crippen LogP contribution in [0, 0.1) is 6.92 Å². The largest absolute Gasteiger partial charge is 0.339 e. The van der Waals surface area contributed by atoms with E-state index < -0.39 is 0 Å². The Bertz CT molecular complexity index is 1200. The maximum atomic E-state index is 12.8. The highest BCUT2D eigenvalue weighted by Crippen LogP contribution is 2.29. The molecule has 3 aromatic heterocycles. The zero-order valence-electron chi connectivity index (χ0n) is 16.4. The van der Waals surface area contributed by atoms with Crippen molar-refractivity contribution in [1.82, 2.24) is 25.0 Å². The molecule has 8 nitrogen and oxygen atoms in total. The Morgan fingerprint density at radius 1 is 1.27 bits per heavy atom. The molecule has 154 valence electrons. The number of fused-ring (bicyclic) bond motifs is 1. The van der Waals surface area contributed by atoms with Crippen LogP contribution in [-0.4, -0.2) is 44.0 Å². The van der Waals surface area contributed by atoms with E-state index in [2.05, 4.69) is 30.5 Å². The summed E-state index contributed by atoms with van der Waals surface area (Å²) in [5, 5.41) is 16.2. The van der Waals surface area contributed by atoms with Gasteiger partial charge in [0.25, 0.3) is 5.91 Å². The molecule has 1 fully saturated rings. The minimum Gasteiger partial charge on any atom is -0.339 e. The lowest BCUT2D eigenvalue weighted by atomic mass is 10.2.